The molecule has 0 amide bonds. The zero-order valence-electron chi connectivity index (χ0n) is 12.4. The normalized spacial score (nSPS) is 12.4. The van der Waals surface area contributed by atoms with Crippen molar-refractivity contribution in [3.63, 3.8) is 0 Å². The van der Waals surface area contributed by atoms with E-state index in [1.807, 2.05) is 30.6 Å². The molecule has 1 atom stereocenters. The summed E-state index contributed by atoms with van der Waals surface area (Å²) in [6, 6.07) is 7.88. The number of rotatable bonds is 6. The molecular formula is C17H20Cl2N2. The summed E-state index contributed by atoms with van der Waals surface area (Å²) in [7, 11) is 0. The molecule has 4 heteroatoms. The summed E-state index contributed by atoms with van der Waals surface area (Å²) >= 11 is 12.6. The van der Waals surface area contributed by atoms with Crippen LogP contribution in [-0.2, 0) is 6.42 Å². The van der Waals surface area contributed by atoms with Crippen LogP contribution in [0.25, 0.3) is 0 Å². The van der Waals surface area contributed by atoms with Crippen molar-refractivity contribution in [2.24, 2.45) is 0 Å². The van der Waals surface area contributed by atoms with E-state index in [4.69, 9.17) is 23.2 Å². The Hall–Kier alpha value is -1.09. The van der Waals surface area contributed by atoms with Gasteiger partial charge in [0.2, 0.25) is 0 Å². The number of hydrogen-bond acceptors (Lipinski definition) is 2. The molecule has 1 N–H and O–H groups in total. The highest BCUT2D eigenvalue weighted by atomic mass is 35.5. The highest BCUT2D eigenvalue weighted by Crippen LogP contribution is 2.34. The second-order valence-electron chi connectivity index (χ2n) is 4.96. The number of nitrogens with one attached hydrogen (secondary N) is 1. The molecule has 0 aliphatic heterocycles. The number of nitrogens with zero attached hydrogens (tertiary/aromatic N) is 1. The lowest BCUT2D eigenvalue weighted by Gasteiger charge is -2.23. The number of aryl methyl sites for hydroxylation is 1. The Labute approximate surface area is 136 Å². The van der Waals surface area contributed by atoms with Crippen LogP contribution < -0.4 is 5.32 Å². The molecule has 0 spiro atoms. The van der Waals surface area contributed by atoms with Crippen molar-refractivity contribution in [3.05, 3.63) is 63.4 Å². The Morgan fingerprint density at radius 2 is 1.95 bits per heavy atom. The molecule has 0 aliphatic carbocycles. The Morgan fingerprint density at radius 3 is 2.67 bits per heavy atom. The lowest BCUT2D eigenvalue weighted by Crippen LogP contribution is -2.24. The van der Waals surface area contributed by atoms with Crippen molar-refractivity contribution in [3.8, 4) is 0 Å². The summed E-state index contributed by atoms with van der Waals surface area (Å²) < 4.78 is 0. The van der Waals surface area contributed by atoms with E-state index < -0.39 is 0 Å². The lowest BCUT2D eigenvalue weighted by atomic mass is 9.94. The fourth-order valence-electron chi connectivity index (χ4n) is 2.43. The molecule has 112 valence electrons. The average molecular weight is 323 g/mol. The van der Waals surface area contributed by atoms with Gasteiger partial charge < -0.3 is 5.32 Å². The van der Waals surface area contributed by atoms with Crippen molar-refractivity contribution in [1.29, 1.82) is 0 Å². The molecule has 0 aliphatic rings. The van der Waals surface area contributed by atoms with Crippen LogP contribution in [-0.4, -0.2) is 11.5 Å². The molecule has 2 rings (SSSR count). The van der Waals surface area contributed by atoms with Gasteiger partial charge in [-0.25, -0.2) is 0 Å². The Bertz CT molecular complexity index is 599. The number of pyridine rings is 1. The van der Waals surface area contributed by atoms with Gasteiger partial charge >= 0.3 is 0 Å². The van der Waals surface area contributed by atoms with Gasteiger partial charge in [-0.05, 0) is 48.2 Å². The fraction of sp³-hybridized carbons (Fsp3) is 0.353. The van der Waals surface area contributed by atoms with Crippen molar-refractivity contribution in [2.45, 2.75) is 32.7 Å². The zero-order valence-corrected chi connectivity index (χ0v) is 13.9. The number of aromatic nitrogens is 1. The first kappa shape index (κ1) is 16.3. The second kappa shape index (κ2) is 7.79. The van der Waals surface area contributed by atoms with E-state index in [0.717, 1.165) is 24.9 Å². The summed E-state index contributed by atoms with van der Waals surface area (Å²) in [5.41, 5.74) is 3.45. The van der Waals surface area contributed by atoms with Gasteiger partial charge in [0.25, 0.3) is 0 Å². The van der Waals surface area contributed by atoms with Gasteiger partial charge in [-0.2, -0.15) is 0 Å². The zero-order chi connectivity index (χ0) is 15.2. The minimum absolute atomic E-state index is 0.0362. The summed E-state index contributed by atoms with van der Waals surface area (Å²) in [4.78, 5) is 4.23. The van der Waals surface area contributed by atoms with Gasteiger partial charge in [-0.3, -0.25) is 4.98 Å². The summed E-state index contributed by atoms with van der Waals surface area (Å²) in [5, 5.41) is 4.78. The number of hydrogen-bond donors (Lipinski definition) is 1. The van der Waals surface area contributed by atoms with Crippen LogP contribution in [0.5, 0.6) is 0 Å². The van der Waals surface area contributed by atoms with Crippen LogP contribution in [0.15, 0.2) is 36.7 Å². The third kappa shape index (κ3) is 3.76. The lowest BCUT2D eigenvalue weighted by molar-refractivity contribution is 0.594. The van der Waals surface area contributed by atoms with Gasteiger partial charge in [0.05, 0.1) is 16.1 Å². The van der Waals surface area contributed by atoms with Gasteiger partial charge in [0.1, 0.15) is 0 Å². The Morgan fingerprint density at radius 1 is 1.14 bits per heavy atom. The summed E-state index contributed by atoms with van der Waals surface area (Å²) in [6.07, 6.45) is 5.74. The maximum atomic E-state index is 6.42. The van der Waals surface area contributed by atoms with E-state index in [0.29, 0.717) is 10.0 Å². The largest absolute Gasteiger partial charge is 0.306 e. The van der Waals surface area contributed by atoms with Crippen LogP contribution in [0.1, 0.15) is 43.0 Å². The predicted molar refractivity (Wildman–Crippen MR) is 90.2 cm³/mol. The molecule has 21 heavy (non-hydrogen) atoms. The molecule has 2 aromatic rings. The molecule has 0 bridgehead atoms. The van der Waals surface area contributed by atoms with Crippen LogP contribution in [0.2, 0.25) is 10.0 Å². The van der Waals surface area contributed by atoms with Crippen molar-refractivity contribution in [2.75, 3.05) is 6.54 Å². The molecule has 1 unspecified atom stereocenters. The van der Waals surface area contributed by atoms with Crippen LogP contribution in [0.3, 0.4) is 0 Å². The van der Waals surface area contributed by atoms with Gasteiger partial charge in [-0.15, -0.1) is 0 Å². The van der Waals surface area contributed by atoms with E-state index in [9.17, 15) is 0 Å². The fourth-order valence-corrected chi connectivity index (χ4v) is 2.85. The molecule has 1 aromatic carbocycles. The molecule has 1 heterocycles. The van der Waals surface area contributed by atoms with E-state index in [1.54, 1.807) is 0 Å². The highest BCUT2D eigenvalue weighted by molar-refractivity contribution is 6.42. The van der Waals surface area contributed by atoms with E-state index >= 15 is 0 Å². The standard InChI is InChI=1S/C17H20Cl2N2/c1-3-9-21-17(13-8-10-20-11-12(13)4-2)14-6-5-7-15(18)16(14)19/h5-8,10-11,17,21H,3-4,9H2,1-2H3. The van der Waals surface area contributed by atoms with Crippen molar-refractivity contribution >= 4 is 23.2 Å². The topological polar surface area (TPSA) is 24.9 Å². The maximum Gasteiger partial charge on any atom is 0.0643 e. The SMILES string of the molecule is CCCNC(c1ccncc1CC)c1cccc(Cl)c1Cl. The highest BCUT2D eigenvalue weighted by Gasteiger charge is 2.20. The van der Waals surface area contributed by atoms with Crippen LogP contribution in [0, 0.1) is 0 Å². The Kier molecular flexibility index (Phi) is 6.04. The second-order valence-corrected chi connectivity index (χ2v) is 5.74. The maximum absolute atomic E-state index is 6.42. The third-order valence-electron chi connectivity index (χ3n) is 3.52. The molecule has 0 fully saturated rings. The number of benzene rings is 1. The molecule has 2 nitrogen and oxygen atoms in total. The first-order valence-corrected chi connectivity index (χ1v) is 8.04. The Balaban J connectivity index is 2.50. The minimum atomic E-state index is 0.0362. The first-order valence-electron chi connectivity index (χ1n) is 7.29. The van der Waals surface area contributed by atoms with Crippen molar-refractivity contribution < 1.29 is 0 Å². The van der Waals surface area contributed by atoms with E-state index in [-0.39, 0.29) is 6.04 Å². The average Bonchev–Trinajstić information content (AvgIpc) is 2.52. The summed E-state index contributed by atoms with van der Waals surface area (Å²) in [5.74, 6) is 0. The molecular weight excluding hydrogens is 303 g/mol. The quantitative estimate of drug-likeness (QED) is 0.805. The molecule has 0 saturated heterocycles. The van der Waals surface area contributed by atoms with E-state index in [2.05, 4.69) is 30.2 Å². The van der Waals surface area contributed by atoms with Gasteiger partial charge in [0, 0.05) is 12.4 Å². The van der Waals surface area contributed by atoms with Crippen molar-refractivity contribution in [1.82, 2.24) is 10.3 Å². The summed E-state index contributed by atoms with van der Waals surface area (Å²) in [6.45, 7) is 5.20. The van der Waals surface area contributed by atoms with Gasteiger partial charge in [-0.1, -0.05) is 49.2 Å². The monoisotopic (exact) mass is 322 g/mol. The smallest absolute Gasteiger partial charge is 0.0643 e. The van der Waals surface area contributed by atoms with E-state index in [1.165, 1.54) is 11.1 Å². The minimum Gasteiger partial charge on any atom is -0.306 e. The number of halogens is 2. The predicted octanol–water partition coefficient (Wildman–Crippen LogP) is 5.04. The van der Waals surface area contributed by atoms with Crippen LogP contribution in [0.4, 0.5) is 0 Å². The molecule has 0 radical (unpaired) electrons. The first-order chi connectivity index (χ1) is 10.2. The molecule has 1 aromatic heterocycles. The molecule has 0 saturated carbocycles. The third-order valence-corrected chi connectivity index (χ3v) is 4.36. The van der Waals surface area contributed by atoms with Gasteiger partial charge in [0.15, 0.2) is 0 Å². The van der Waals surface area contributed by atoms with Crippen LogP contribution >= 0.6 is 23.2 Å².